The van der Waals surface area contributed by atoms with Crippen LogP contribution in [0.25, 0.3) is 11.1 Å². The molecule has 3 aromatic carbocycles. The summed E-state index contributed by atoms with van der Waals surface area (Å²) in [5.74, 6) is 3.50. The van der Waals surface area contributed by atoms with Gasteiger partial charge in [-0.1, -0.05) is 100 Å². The number of hydrogen-bond donors (Lipinski definition) is 1. The molecule has 0 saturated heterocycles. The van der Waals surface area contributed by atoms with E-state index in [4.69, 9.17) is 15.2 Å². The molecule has 0 aliphatic heterocycles. The Morgan fingerprint density at radius 3 is 1.60 bits per heavy atom. The Hall–Kier alpha value is -1.40. The molecular weight excluding hydrogens is 723 g/mol. The summed E-state index contributed by atoms with van der Waals surface area (Å²) in [6.07, 6.45) is 13.8. The van der Waals surface area contributed by atoms with Gasteiger partial charge in [0, 0.05) is 10.9 Å². The molecule has 2 N–H and O–H groups in total. The summed E-state index contributed by atoms with van der Waals surface area (Å²) < 4.78 is 12.6. The van der Waals surface area contributed by atoms with E-state index >= 15 is 0 Å². The van der Waals surface area contributed by atoms with E-state index in [9.17, 15) is 0 Å². The van der Waals surface area contributed by atoms with Gasteiger partial charge in [0.1, 0.15) is 11.5 Å². The van der Waals surface area contributed by atoms with Crippen LogP contribution in [0.5, 0.6) is 11.5 Å². The topological polar surface area (TPSA) is 44.5 Å². The molecule has 2 saturated carbocycles. The van der Waals surface area contributed by atoms with Crippen LogP contribution < -0.4 is 20.5 Å². The first-order valence-electron chi connectivity index (χ1n) is 18.2. The molecule has 0 heterocycles. The average molecular weight is 785 g/mol. The minimum absolute atomic E-state index is 0.373. The first kappa shape index (κ1) is 41.0. The third-order valence-corrected chi connectivity index (χ3v) is 13.7. The summed E-state index contributed by atoms with van der Waals surface area (Å²) in [5, 5.41) is 1.52. The number of methoxy groups -OCH3 is 2. The first-order chi connectivity index (χ1) is 23.2. The molecule has 48 heavy (non-hydrogen) atoms. The molecule has 5 rings (SSSR count). The van der Waals surface area contributed by atoms with Crippen LogP contribution >= 0.6 is 17.5 Å². The standard InChI is InChI=1S/C35H53O2P.C7H8N.ClH.Pd/c1-23(2)26-21-29(24(3)4)33(30(22-26)25(5)6)34-31(36-7)19-20-32(37-8)35(34)38(27-15-11-9-12-16-27)28-17-13-10-14-18-28;8-6-7-4-2-1-3-5-7;;/h19-25,27-28H,9-18H2,1-8H3;1-4H,6,8H2;1H;/q;-1;;+2/p-1. The van der Waals surface area contributed by atoms with Crippen molar-refractivity contribution in [2.45, 2.75) is 141 Å². The average Bonchev–Trinajstić information content (AvgIpc) is 3.13. The Morgan fingerprint density at radius 2 is 1.23 bits per heavy atom. The van der Waals surface area contributed by atoms with Crippen molar-refractivity contribution in [1.29, 1.82) is 0 Å². The zero-order chi connectivity index (χ0) is 35.2. The SMILES string of the molecule is COc1ccc(OC)c(P(C2CCCCC2)C2CCCCC2)c1-c1c(C(C)C)cc(C(C)C)cc1C(C)C.NCc1[c-]cccc1.[Cl][Pd+]. The summed E-state index contributed by atoms with van der Waals surface area (Å²) >= 11 is 2.22. The van der Waals surface area contributed by atoms with Crippen LogP contribution in [0, 0.1) is 6.07 Å². The van der Waals surface area contributed by atoms with Crippen LogP contribution in [0.15, 0.2) is 48.5 Å². The number of ether oxygens (including phenoxy) is 2. The molecule has 0 spiro atoms. The van der Waals surface area contributed by atoms with Gasteiger partial charge < -0.3 is 15.2 Å². The maximum absolute atomic E-state index is 6.29. The van der Waals surface area contributed by atoms with Gasteiger partial charge in [0.25, 0.3) is 0 Å². The van der Waals surface area contributed by atoms with Gasteiger partial charge in [-0.25, -0.2) is 0 Å². The molecule has 0 amide bonds. The van der Waals surface area contributed by atoms with Crippen LogP contribution in [0.3, 0.4) is 0 Å². The second kappa shape index (κ2) is 21.1. The van der Waals surface area contributed by atoms with E-state index < -0.39 is 0 Å². The van der Waals surface area contributed by atoms with E-state index in [-0.39, 0.29) is 7.92 Å². The number of nitrogens with two attached hydrogens (primary N) is 1. The number of hydrogen-bond acceptors (Lipinski definition) is 3. The molecule has 2 aliphatic carbocycles. The number of benzene rings is 3. The van der Waals surface area contributed by atoms with Crippen LogP contribution in [0.1, 0.15) is 146 Å². The third kappa shape index (κ3) is 10.6. The van der Waals surface area contributed by atoms with Gasteiger partial charge in [-0.05, 0) is 95.7 Å². The quantitative estimate of drug-likeness (QED) is 0.127. The van der Waals surface area contributed by atoms with E-state index in [1.165, 1.54) is 97.3 Å². The van der Waals surface area contributed by atoms with Gasteiger partial charge in [0.05, 0.1) is 14.2 Å². The first-order valence-corrected chi connectivity index (χ1v) is 21.7. The second-order valence-electron chi connectivity index (χ2n) is 14.3. The summed E-state index contributed by atoms with van der Waals surface area (Å²) in [4.78, 5) is 0. The van der Waals surface area contributed by atoms with E-state index in [1.54, 1.807) is 0 Å². The molecule has 3 aromatic rings. The number of rotatable bonds is 10. The molecule has 6 heteroatoms. The van der Waals surface area contributed by atoms with Crippen molar-refractivity contribution in [2.24, 2.45) is 5.73 Å². The summed E-state index contributed by atoms with van der Waals surface area (Å²) in [5.41, 5.74) is 15.1. The summed E-state index contributed by atoms with van der Waals surface area (Å²) in [7, 11) is 7.87. The normalized spacial score (nSPS) is 15.7. The zero-order valence-electron chi connectivity index (χ0n) is 30.8. The van der Waals surface area contributed by atoms with Crippen molar-refractivity contribution < 1.29 is 27.7 Å². The second-order valence-corrected chi connectivity index (χ2v) is 17.0. The van der Waals surface area contributed by atoms with Crippen LogP contribution in [-0.4, -0.2) is 25.5 Å². The molecule has 2 aliphatic rings. The Bertz CT molecular complexity index is 1320. The molecule has 3 nitrogen and oxygen atoms in total. The molecular formula is C42H61ClNO2PPd. The fraction of sp³-hybridized carbons (Fsp3) is 0.571. The van der Waals surface area contributed by atoms with Gasteiger partial charge in [-0.15, -0.1) is 5.56 Å². The van der Waals surface area contributed by atoms with Gasteiger partial charge >= 0.3 is 27.7 Å². The van der Waals surface area contributed by atoms with Gasteiger partial charge in [-0.2, -0.15) is 30.3 Å². The van der Waals surface area contributed by atoms with Crippen LogP contribution in [-0.2, 0) is 24.7 Å². The Labute approximate surface area is 309 Å². The van der Waals surface area contributed by atoms with Gasteiger partial charge in [0.15, 0.2) is 0 Å². The van der Waals surface area contributed by atoms with Crippen molar-refractivity contribution in [3.63, 3.8) is 0 Å². The van der Waals surface area contributed by atoms with E-state index in [2.05, 4.69) is 99.6 Å². The van der Waals surface area contributed by atoms with Crippen molar-refractivity contribution in [1.82, 2.24) is 0 Å². The zero-order valence-corrected chi connectivity index (χ0v) is 34.0. The van der Waals surface area contributed by atoms with E-state index in [0.29, 0.717) is 24.3 Å². The molecule has 0 atom stereocenters. The van der Waals surface area contributed by atoms with Crippen molar-refractivity contribution in [3.05, 3.63) is 76.9 Å². The van der Waals surface area contributed by atoms with Crippen molar-refractivity contribution in [2.75, 3.05) is 14.2 Å². The third-order valence-electron chi connectivity index (χ3n) is 10.1. The van der Waals surface area contributed by atoms with Gasteiger partial charge in [-0.3, -0.25) is 0 Å². The van der Waals surface area contributed by atoms with E-state index in [1.807, 2.05) is 38.5 Å². The monoisotopic (exact) mass is 783 g/mol. The summed E-state index contributed by atoms with van der Waals surface area (Å²) in [6, 6.07) is 20.1. The van der Waals surface area contributed by atoms with Crippen molar-refractivity contribution in [3.8, 4) is 22.6 Å². The van der Waals surface area contributed by atoms with Gasteiger partial charge in [0.2, 0.25) is 0 Å². The van der Waals surface area contributed by atoms with Crippen LogP contribution in [0.2, 0.25) is 0 Å². The molecule has 0 bridgehead atoms. The molecule has 268 valence electrons. The molecule has 0 radical (unpaired) electrons. The number of halogens is 1. The fourth-order valence-electron chi connectivity index (χ4n) is 7.57. The molecule has 0 aromatic heterocycles. The predicted octanol–water partition coefficient (Wildman–Crippen LogP) is 12.1. The predicted molar refractivity (Wildman–Crippen MR) is 207 cm³/mol. The molecule has 2 fully saturated rings. The minimum atomic E-state index is -0.373. The maximum atomic E-state index is 6.29. The fourth-order valence-corrected chi connectivity index (χ4v) is 11.6. The Kier molecular flexibility index (Phi) is 18.0. The van der Waals surface area contributed by atoms with Crippen molar-refractivity contribution >= 4 is 22.8 Å². The van der Waals surface area contributed by atoms with E-state index in [0.717, 1.165) is 28.4 Å². The Morgan fingerprint density at radius 1 is 0.729 bits per heavy atom. The summed E-state index contributed by atoms with van der Waals surface area (Å²) in [6.45, 7) is 14.7. The Balaban J connectivity index is 0.000000540. The van der Waals surface area contributed by atoms with Crippen LogP contribution in [0.4, 0.5) is 0 Å². The molecule has 0 unspecified atom stereocenters.